The molecule has 2 N–H and O–H groups in total. The minimum atomic E-state index is -0.274. The lowest BCUT2D eigenvalue weighted by atomic mass is 10.3. The van der Waals surface area contributed by atoms with Crippen molar-refractivity contribution in [3.05, 3.63) is 25.3 Å². The Labute approximate surface area is 113 Å². The van der Waals surface area contributed by atoms with E-state index in [0.29, 0.717) is 32.6 Å². The maximum Gasteiger partial charge on any atom is 0.243 e. The summed E-state index contributed by atoms with van der Waals surface area (Å²) >= 11 is 0. The SMILES string of the molecule is C=CC(=O)NCCN(CCNC(=O)C=C)C(=O)CC. The zero-order valence-corrected chi connectivity index (χ0v) is 11.3. The standard InChI is InChI=1S/C13H21N3O3/c1-4-11(17)14-7-9-16(13(19)6-3)10-8-15-12(18)5-2/h4-5H,1-2,6-10H2,3H3,(H,14,17)(H,15,18). The number of carbonyl (C=O) groups is 3. The predicted molar refractivity (Wildman–Crippen MR) is 73.3 cm³/mol. The number of nitrogens with one attached hydrogen (secondary N) is 2. The summed E-state index contributed by atoms with van der Waals surface area (Å²) in [7, 11) is 0. The molecule has 6 nitrogen and oxygen atoms in total. The van der Waals surface area contributed by atoms with Crippen LogP contribution in [0.1, 0.15) is 13.3 Å². The highest BCUT2D eigenvalue weighted by atomic mass is 16.2. The molecule has 0 aliphatic rings. The molecule has 0 radical (unpaired) electrons. The molecule has 0 saturated carbocycles. The number of hydrogen-bond donors (Lipinski definition) is 2. The van der Waals surface area contributed by atoms with Gasteiger partial charge < -0.3 is 15.5 Å². The highest BCUT2D eigenvalue weighted by Gasteiger charge is 2.11. The molecule has 0 aromatic carbocycles. The van der Waals surface area contributed by atoms with E-state index in [0.717, 1.165) is 0 Å². The van der Waals surface area contributed by atoms with E-state index in [-0.39, 0.29) is 17.7 Å². The molecule has 0 aliphatic heterocycles. The van der Waals surface area contributed by atoms with Crippen LogP contribution in [-0.4, -0.2) is 48.8 Å². The molecule has 19 heavy (non-hydrogen) atoms. The Morgan fingerprint density at radius 1 is 1.00 bits per heavy atom. The average Bonchev–Trinajstić information content (AvgIpc) is 2.44. The second kappa shape index (κ2) is 9.87. The molecule has 106 valence electrons. The van der Waals surface area contributed by atoms with Crippen molar-refractivity contribution in [3.63, 3.8) is 0 Å². The largest absolute Gasteiger partial charge is 0.351 e. The quantitative estimate of drug-likeness (QED) is 0.569. The third-order valence-electron chi connectivity index (χ3n) is 2.39. The third-order valence-corrected chi connectivity index (χ3v) is 2.39. The monoisotopic (exact) mass is 267 g/mol. The van der Waals surface area contributed by atoms with E-state index in [9.17, 15) is 14.4 Å². The highest BCUT2D eigenvalue weighted by Crippen LogP contribution is 1.92. The minimum absolute atomic E-state index is 0.0271. The Morgan fingerprint density at radius 3 is 1.74 bits per heavy atom. The van der Waals surface area contributed by atoms with Gasteiger partial charge in [-0.05, 0) is 12.2 Å². The Bertz CT molecular complexity index is 327. The fraction of sp³-hybridized carbons (Fsp3) is 0.462. The molecular weight excluding hydrogens is 246 g/mol. The van der Waals surface area contributed by atoms with Gasteiger partial charge in [0.1, 0.15) is 0 Å². The van der Waals surface area contributed by atoms with Gasteiger partial charge in [0, 0.05) is 32.6 Å². The Kier molecular flexibility index (Phi) is 8.78. The molecule has 0 aromatic rings. The first-order valence-electron chi connectivity index (χ1n) is 6.13. The predicted octanol–water partition coefficient (Wildman–Crippen LogP) is -0.171. The van der Waals surface area contributed by atoms with Gasteiger partial charge >= 0.3 is 0 Å². The smallest absolute Gasteiger partial charge is 0.243 e. The molecule has 0 heterocycles. The minimum Gasteiger partial charge on any atom is -0.351 e. The lowest BCUT2D eigenvalue weighted by Crippen LogP contribution is -2.42. The summed E-state index contributed by atoms with van der Waals surface area (Å²) in [5.41, 5.74) is 0. The molecule has 0 rings (SSSR count). The summed E-state index contributed by atoms with van der Waals surface area (Å²) in [6.07, 6.45) is 2.73. The van der Waals surface area contributed by atoms with Crippen molar-refractivity contribution in [1.82, 2.24) is 15.5 Å². The summed E-state index contributed by atoms with van der Waals surface area (Å²) in [5.74, 6) is -0.576. The van der Waals surface area contributed by atoms with E-state index in [1.807, 2.05) is 0 Å². The number of nitrogens with zero attached hydrogens (tertiary/aromatic N) is 1. The van der Waals surface area contributed by atoms with Crippen LogP contribution in [0.15, 0.2) is 25.3 Å². The molecule has 3 amide bonds. The molecule has 0 bridgehead atoms. The van der Waals surface area contributed by atoms with Crippen molar-refractivity contribution < 1.29 is 14.4 Å². The second-order valence-corrected chi connectivity index (χ2v) is 3.72. The van der Waals surface area contributed by atoms with E-state index in [1.54, 1.807) is 11.8 Å². The van der Waals surface area contributed by atoms with Gasteiger partial charge in [-0.1, -0.05) is 20.1 Å². The summed E-state index contributed by atoms with van der Waals surface area (Å²) in [6.45, 7) is 9.95. The summed E-state index contributed by atoms with van der Waals surface area (Å²) in [6, 6.07) is 0. The van der Waals surface area contributed by atoms with Crippen molar-refractivity contribution in [2.45, 2.75) is 13.3 Å². The lowest BCUT2D eigenvalue weighted by molar-refractivity contribution is -0.131. The molecule has 0 fully saturated rings. The van der Waals surface area contributed by atoms with Gasteiger partial charge in [0.05, 0.1) is 0 Å². The van der Waals surface area contributed by atoms with Crippen LogP contribution in [0.25, 0.3) is 0 Å². The van der Waals surface area contributed by atoms with Crippen molar-refractivity contribution in [2.24, 2.45) is 0 Å². The van der Waals surface area contributed by atoms with Gasteiger partial charge in [-0.15, -0.1) is 0 Å². The summed E-state index contributed by atoms with van der Waals surface area (Å²) in [4.78, 5) is 35.2. The van der Waals surface area contributed by atoms with Crippen molar-refractivity contribution >= 4 is 17.7 Å². The normalized spacial score (nSPS) is 9.32. The fourth-order valence-electron chi connectivity index (χ4n) is 1.36. The first-order chi connectivity index (χ1) is 9.04. The lowest BCUT2D eigenvalue weighted by Gasteiger charge is -2.22. The molecule has 0 unspecified atom stereocenters. The Morgan fingerprint density at radius 2 is 1.42 bits per heavy atom. The van der Waals surface area contributed by atoms with E-state index in [4.69, 9.17) is 0 Å². The van der Waals surface area contributed by atoms with Gasteiger partial charge in [0.2, 0.25) is 17.7 Å². The van der Waals surface area contributed by atoms with Crippen LogP contribution in [-0.2, 0) is 14.4 Å². The van der Waals surface area contributed by atoms with Crippen LogP contribution in [0.2, 0.25) is 0 Å². The van der Waals surface area contributed by atoms with Crippen LogP contribution < -0.4 is 10.6 Å². The van der Waals surface area contributed by atoms with Crippen molar-refractivity contribution in [3.8, 4) is 0 Å². The Balaban J connectivity index is 4.12. The van der Waals surface area contributed by atoms with Crippen LogP contribution in [0, 0.1) is 0 Å². The van der Waals surface area contributed by atoms with Gasteiger partial charge in [0.15, 0.2) is 0 Å². The number of hydrogen-bond acceptors (Lipinski definition) is 3. The van der Waals surface area contributed by atoms with E-state index in [1.165, 1.54) is 12.2 Å². The molecule has 0 saturated heterocycles. The number of amides is 3. The van der Waals surface area contributed by atoms with E-state index >= 15 is 0 Å². The summed E-state index contributed by atoms with van der Waals surface area (Å²) < 4.78 is 0. The molecule has 0 atom stereocenters. The van der Waals surface area contributed by atoms with E-state index in [2.05, 4.69) is 23.8 Å². The molecular formula is C13H21N3O3. The first-order valence-corrected chi connectivity index (χ1v) is 6.13. The maximum absolute atomic E-state index is 11.7. The fourth-order valence-corrected chi connectivity index (χ4v) is 1.36. The van der Waals surface area contributed by atoms with Crippen molar-refractivity contribution in [2.75, 3.05) is 26.2 Å². The van der Waals surface area contributed by atoms with Crippen LogP contribution in [0.4, 0.5) is 0 Å². The third kappa shape index (κ3) is 7.75. The molecule has 6 heteroatoms. The number of carbonyl (C=O) groups excluding carboxylic acids is 3. The number of rotatable bonds is 9. The average molecular weight is 267 g/mol. The summed E-state index contributed by atoms with van der Waals surface area (Å²) in [5, 5.41) is 5.20. The second-order valence-electron chi connectivity index (χ2n) is 3.72. The van der Waals surface area contributed by atoms with Crippen LogP contribution >= 0.6 is 0 Å². The first kappa shape index (κ1) is 16.9. The van der Waals surface area contributed by atoms with E-state index < -0.39 is 0 Å². The van der Waals surface area contributed by atoms with Crippen LogP contribution in [0.5, 0.6) is 0 Å². The van der Waals surface area contributed by atoms with Gasteiger partial charge in [-0.25, -0.2) is 0 Å². The van der Waals surface area contributed by atoms with Gasteiger partial charge in [-0.2, -0.15) is 0 Å². The van der Waals surface area contributed by atoms with Gasteiger partial charge in [0.25, 0.3) is 0 Å². The van der Waals surface area contributed by atoms with Crippen LogP contribution in [0.3, 0.4) is 0 Å². The van der Waals surface area contributed by atoms with Gasteiger partial charge in [-0.3, -0.25) is 14.4 Å². The molecule has 0 spiro atoms. The zero-order chi connectivity index (χ0) is 14.7. The molecule has 0 aromatic heterocycles. The topological polar surface area (TPSA) is 78.5 Å². The zero-order valence-electron chi connectivity index (χ0n) is 11.3. The maximum atomic E-state index is 11.7. The molecule has 0 aliphatic carbocycles. The van der Waals surface area contributed by atoms with Crippen molar-refractivity contribution in [1.29, 1.82) is 0 Å². The highest BCUT2D eigenvalue weighted by molar-refractivity contribution is 5.87. The Hall–Kier alpha value is -2.11.